The van der Waals surface area contributed by atoms with Gasteiger partial charge in [0.2, 0.25) is 5.95 Å². The Labute approximate surface area is 183 Å². The molecule has 1 amide bonds. The molecule has 0 atom stereocenters. The second-order valence-electron chi connectivity index (χ2n) is 7.41. The summed E-state index contributed by atoms with van der Waals surface area (Å²) in [5.74, 6) is 0.742. The third-order valence-corrected chi connectivity index (χ3v) is 5.21. The number of nitrogens with zero attached hydrogens (tertiary/aromatic N) is 5. The van der Waals surface area contributed by atoms with E-state index in [2.05, 4.69) is 25.4 Å². The molecule has 3 heterocycles. The van der Waals surface area contributed by atoms with Crippen molar-refractivity contribution in [2.24, 2.45) is 7.05 Å². The van der Waals surface area contributed by atoms with E-state index in [1.54, 1.807) is 42.6 Å². The molecule has 0 fully saturated rings. The normalized spacial score (nSPS) is 11.1. The molecule has 0 aliphatic heterocycles. The number of H-pyrrole nitrogens is 1. The molecule has 2 aromatic carbocycles. The summed E-state index contributed by atoms with van der Waals surface area (Å²) in [6.07, 6.45) is 9.09. The highest BCUT2D eigenvalue weighted by Gasteiger charge is 2.16. The van der Waals surface area contributed by atoms with Crippen LogP contribution < -0.4 is 10.1 Å². The van der Waals surface area contributed by atoms with Gasteiger partial charge in [-0.2, -0.15) is 5.10 Å². The molecule has 0 aliphatic rings. The van der Waals surface area contributed by atoms with E-state index in [1.807, 2.05) is 48.3 Å². The Balaban J connectivity index is 1.40. The van der Waals surface area contributed by atoms with E-state index in [1.165, 1.54) is 0 Å². The molecule has 32 heavy (non-hydrogen) atoms. The second kappa shape index (κ2) is 8.03. The SMILES string of the molecule is COc1ccc(-c2cnn(C)c2)c2nc(NC(=O)c3ccc(Cn4ccnc4)cc3)[nH]c12. The maximum absolute atomic E-state index is 12.8. The quantitative estimate of drug-likeness (QED) is 0.432. The molecule has 9 heteroatoms. The van der Waals surface area contributed by atoms with E-state index in [-0.39, 0.29) is 5.91 Å². The largest absolute Gasteiger partial charge is 0.494 e. The van der Waals surface area contributed by atoms with Crippen LogP contribution in [0.4, 0.5) is 5.95 Å². The minimum Gasteiger partial charge on any atom is -0.494 e. The Morgan fingerprint density at radius 3 is 2.72 bits per heavy atom. The lowest BCUT2D eigenvalue weighted by Crippen LogP contribution is -2.13. The van der Waals surface area contributed by atoms with Crippen molar-refractivity contribution >= 4 is 22.9 Å². The van der Waals surface area contributed by atoms with Crippen molar-refractivity contribution in [3.63, 3.8) is 0 Å². The molecule has 0 aliphatic carbocycles. The van der Waals surface area contributed by atoms with Gasteiger partial charge in [-0.05, 0) is 29.8 Å². The lowest BCUT2D eigenvalue weighted by Gasteiger charge is -2.05. The van der Waals surface area contributed by atoms with E-state index in [0.717, 1.165) is 16.7 Å². The molecular formula is C23H21N7O2. The number of hydrogen-bond donors (Lipinski definition) is 2. The second-order valence-corrected chi connectivity index (χ2v) is 7.41. The highest BCUT2D eigenvalue weighted by atomic mass is 16.5. The number of carbonyl (C=O) groups excluding carboxylic acids is 1. The number of benzene rings is 2. The average molecular weight is 427 g/mol. The van der Waals surface area contributed by atoms with Crippen molar-refractivity contribution in [3.8, 4) is 16.9 Å². The fourth-order valence-corrected chi connectivity index (χ4v) is 3.62. The fourth-order valence-electron chi connectivity index (χ4n) is 3.62. The van der Waals surface area contributed by atoms with Crippen molar-refractivity contribution < 1.29 is 9.53 Å². The van der Waals surface area contributed by atoms with Gasteiger partial charge in [-0.3, -0.25) is 14.8 Å². The van der Waals surface area contributed by atoms with Crippen LogP contribution in [-0.2, 0) is 13.6 Å². The molecule has 5 aromatic rings. The molecule has 0 bridgehead atoms. The van der Waals surface area contributed by atoms with E-state index in [4.69, 9.17) is 4.74 Å². The van der Waals surface area contributed by atoms with Gasteiger partial charge in [0, 0.05) is 48.9 Å². The van der Waals surface area contributed by atoms with Gasteiger partial charge in [-0.15, -0.1) is 0 Å². The summed E-state index contributed by atoms with van der Waals surface area (Å²) in [4.78, 5) is 24.6. The Hall–Kier alpha value is -4.40. The van der Waals surface area contributed by atoms with E-state index in [9.17, 15) is 4.79 Å². The summed E-state index contributed by atoms with van der Waals surface area (Å²) in [7, 11) is 3.46. The predicted molar refractivity (Wildman–Crippen MR) is 121 cm³/mol. The van der Waals surface area contributed by atoms with Gasteiger partial charge >= 0.3 is 0 Å². The zero-order chi connectivity index (χ0) is 22.1. The van der Waals surface area contributed by atoms with Crippen molar-refractivity contribution in [3.05, 3.63) is 78.6 Å². The number of imidazole rings is 2. The Morgan fingerprint density at radius 1 is 1.19 bits per heavy atom. The zero-order valence-corrected chi connectivity index (χ0v) is 17.6. The van der Waals surface area contributed by atoms with Crippen molar-refractivity contribution in [1.82, 2.24) is 29.3 Å². The van der Waals surface area contributed by atoms with Crippen molar-refractivity contribution in [2.75, 3.05) is 12.4 Å². The molecule has 0 saturated carbocycles. The van der Waals surface area contributed by atoms with Gasteiger partial charge in [0.05, 0.1) is 19.6 Å². The van der Waals surface area contributed by atoms with Crippen LogP contribution in [0.3, 0.4) is 0 Å². The monoisotopic (exact) mass is 427 g/mol. The number of fused-ring (bicyclic) bond motifs is 1. The minimum atomic E-state index is -0.250. The fraction of sp³-hybridized carbons (Fsp3) is 0.130. The summed E-state index contributed by atoms with van der Waals surface area (Å²) < 4.78 is 9.17. The number of nitrogens with one attached hydrogen (secondary N) is 2. The third kappa shape index (κ3) is 3.71. The maximum atomic E-state index is 12.8. The van der Waals surface area contributed by atoms with E-state index in [0.29, 0.717) is 34.8 Å². The molecule has 160 valence electrons. The van der Waals surface area contributed by atoms with Crippen LogP contribution in [0, 0.1) is 0 Å². The average Bonchev–Trinajstić information content (AvgIpc) is 3.55. The molecule has 9 nitrogen and oxygen atoms in total. The minimum absolute atomic E-state index is 0.250. The number of amides is 1. The summed E-state index contributed by atoms with van der Waals surface area (Å²) in [6.45, 7) is 0.697. The molecule has 5 rings (SSSR count). The van der Waals surface area contributed by atoms with Gasteiger partial charge < -0.3 is 14.3 Å². The first kappa shape index (κ1) is 19.6. The van der Waals surface area contributed by atoms with Gasteiger partial charge in [-0.1, -0.05) is 12.1 Å². The van der Waals surface area contributed by atoms with Gasteiger partial charge in [0.15, 0.2) is 0 Å². The van der Waals surface area contributed by atoms with Crippen LogP contribution >= 0.6 is 0 Å². The number of aromatic nitrogens is 6. The molecule has 0 saturated heterocycles. The summed E-state index contributed by atoms with van der Waals surface area (Å²) in [6, 6.07) is 11.3. The first-order valence-electron chi connectivity index (χ1n) is 10.0. The first-order valence-corrected chi connectivity index (χ1v) is 10.0. The van der Waals surface area contributed by atoms with Gasteiger partial charge in [0.1, 0.15) is 16.8 Å². The number of rotatable bonds is 6. The number of hydrogen-bond acceptors (Lipinski definition) is 5. The molecule has 0 spiro atoms. The summed E-state index contributed by atoms with van der Waals surface area (Å²) in [5, 5.41) is 7.09. The Bertz CT molecular complexity index is 1380. The van der Waals surface area contributed by atoms with Crippen LogP contribution in [-0.4, -0.2) is 42.3 Å². The zero-order valence-electron chi connectivity index (χ0n) is 17.6. The van der Waals surface area contributed by atoms with Crippen LogP contribution in [0.2, 0.25) is 0 Å². The number of methoxy groups -OCH3 is 1. The maximum Gasteiger partial charge on any atom is 0.257 e. The molecular weight excluding hydrogens is 406 g/mol. The van der Waals surface area contributed by atoms with Crippen molar-refractivity contribution in [2.45, 2.75) is 6.54 Å². The predicted octanol–water partition coefficient (Wildman–Crippen LogP) is 3.47. The van der Waals surface area contributed by atoms with Gasteiger partial charge in [-0.25, -0.2) is 9.97 Å². The third-order valence-electron chi connectivity index (χ3n) is 5.21. The topological polar surface area (TPSA) is 103 Å². The van der Waals surface area contributed by atoms with Crippen LogP contribution in [0.5, 0.6) is 5.75 Å². The van der Waals surface area contributed by atoms with Crippen LogP contribution in [0.25, 0.3) is 22.2 Å². The highest BCUT2D eigenvalue weighted by Crippen LogP contribution is 2.33. The summed E-state index contributed by atoms with van der Waals surface area (Å²) in [5.41, 5.74) is 4.85. The first-order chi connectivity index (χ1) is 15.6. The number of aromatic amines is 1. The Morgan fingerprint density at radius 2 is 2.03 bits per heavy atom. The van der Waals surface area contributed by atoms with Crippen molar-refractivity contribution in [1.29, 1.82) is 0 Å². The van der Waals surface area contributed by atoms with Gasteiger partial charge in [0.25, 0.3) is 5.91 Å². The van der Waals surface area contributed by atoms with E-state index < -0.39 is 0 Å². The number of ether oxygens (including phenoxy) is 1. The lowest BCUT2D eigenvalue weighted by atomic mass is 10.1. The van der Waals surface area contributed by atoms with Crippen LogP contribution in [0.15, 0.2) is 67.5 Å². The standard InChI is InChI=1S/C23H21N7O2/c1-29-13-17(11-25-29)18-7-8-19(32-2)21-20(18)26-23(27-21)28-22(31)16-5-3-15(4-6-16)12-30-10-9-24-14-30/h3-11,13-14H,12H2,1-2H3,(H2,26,27,28,31). The lowest BCUT2D eigenvalue weighted by molar-refractivity contribution is 0.102. The van der Waals surface area contributed by atoms with E-state index >= 15 is 0 Å². The number of anilines is 1. The molecule has 0 unspecified atom stereocenters. The molecule has 2 N–H and O–H groups in total. The summed E-state index contributed by atoms with van der Waals surface area (Å²) >= 11 is 0. The number of aryl methyl sites for hydroxylation is 1. The molecule has 3 aromatic heterocycles. The molecule has 0 radical (unpaired) electrons. The van der Waals surface area contributed by atoms with Crippen LogP contribution in [0.1, 0.15) is 15.9 Å². The Kier molecular flexibility index (Phi) is 4.91. The number of carbonyl (C=O) groups is 1. The smallest absolute Gasteiger partial charge is 0.257 e. The highest BCUT2D eigenvalue weighted by molar-refractivity contribution is 6.05.